The maximum absolute atomic E-state index is 10.9. The predicted molar refractivity (Wildman–Crippen MR) is 64.8 cm³/mol. The average molecular weight is 290 g/mol. The third-order valence-corrected chi connectivity index (χ3v) is 3.53. The molecule has 0 aliphatic heterocycles. The summed E-state index contributed by atoms with van der Waals surface area (Å²) >= 11 is 4.86. The standard InChI is InChI=1S/C10H12BrNO2S/c1-14-10(13)6-15-8-3-2-7(5-12)9(11)4-8/h2-4H,5-6,12H2,1H3. The van der Waals surface area contributed by atoms with Crippen molar-refractivity contribution in [3.8, 4) is 0 Å². The number of esters is 1. The van der Waals surface area contributed by atoms with E-state index in [9.17, 15) is 4.79 Å². The minimum Gasteiger partial charge on any atom is -0.468 e. The van der Waals surface area contributed by atoms with E-state index < -0.39 is 0 Å². The van der Waals surface area contributed by atoms with E-state index in [2.05, 4.69) is 20.7 Å². The van der Waals surface area contributed by atoms with Gasteiger partial charge in [-0.15, -0.1) is 11.8 Å². The van der Waals surface area contributed by atoms with Crippen LogP contribution in [0.4, 0.5) is 0 Å². The number of rotatable bonds is 4. The summed E-state index contributed by atoms with van der Waals surface area (Å²) in [5, 5.41) is 0. The van der Waals surface area contributed by atoms with Crippen molar-refractivity contribution >= 4 is 33.7 Å². The van der Waals surface area contributed by atoms with Crippen LogP contribution in [0.2, 0.25) is 0 Å². The Bertz CT molecular complexity index is 357. The van der Waals surface area contributed by atoms with Gasteiger partial charge in [0.25, 0.3) is 0 Å². The number of ether oxygens (including phenoxy) is 1. The minimum atomic E-state index is -0.223. The van der Waals surface area contributed by atoms with Gasteiger partial charge in [0.1, 0.15) is 0 Å². The summed E-state index contributed by atoms with van der Waals surface area (Å²) in [5.41, 5.74) is 6.59. The van der Waals surface area contributed by atoms with Crippen LogP contribution in [0.1, 0.15) is 5.56 Å². The van der Waals surface area contributed by atoms with E-state index in [1.54, 1.807) is 0 Å². The summed E-state index contributed by atoms with van der Waals surface area (Å²) in [6, 6.07) is 5.85. The van der Waals surface area contributed by atoms with Crippen LogP contribution in [-0.4, -0.2) is 18.8 Å². The molecule has 5 heteroatoms. The van der Waals surface area contributed by atoms with Crippen LogP contribution in [0.15, 0.2) is 27.6 Å². The fraction of sp³-hybridized carbons (Fsp3) is 0.300. The lowest BCUT2D eigenvalue weighted by Crippen LogP contribution is -2.03. The lowest BCUT2D eigenvalue weighted by Gasteiger charge is -2.04. The average Bonchev–Trinajstić information content (AvgIpc) is 2.26. The van der Waals surface area contributed by atoms with Gasteiger partial charge in [-0.3, -0.25) is 4.79 Å². The number of hydrogen-bond acceptors (Lipinski definition) is 4. The molecule has 1 aromatic rings. The molecule has 1 rings (SSSR count). The first-order valence-electron chi connectivity index (χ1n) is 4.35. The Morgan fingerprint density at radius 1 is 1.60 bits per heavy atom. The maximum atomic E-state index is 10.9. The molecule has 2 N–H and O–H groups in total. The zero-order chi connectivity index (χ0) is 11.3. The number of methoxy groups -OCH3 is 1. The van der Waals surface area contributed by atoms with Gasteiger partial charge in [0.05, 0.1) is 12.9 Å². The smallest absolute Gasteiger partial charge is 0.315 e. The molecule has 0 spiro atoms. The summed E-state index contributed by atoms with van der Waals surface area (Å²) in [7, 11) is 1.39. The quantitative estimate of drug-likeness (QED) is 0.682. The first-order chi connectivity index (χ1) is 7.17. The molecule has 1 aromatic carbocycles. The van der Waals surface area contributed by atoms with Crippen molar-refractivity contribution in [2.75, 3.05) is 12.9 Å². The van der Waals surface area contributed by atoms with Crippen LogP contribution < -0.4 is 5.73 Å². The first kappa shape index (κ1) is 12.5. The largest absolute Gasteiger partial charge is 0.468 e. The van der Waals surface area contributed by atoms with Crippen LogP contribution in [0, 0.1) is 0 Å². The molecule has 0 aromatic heterocycles. The molecule has 0 amide bonds. The van der Waals surface area contributed by atoms with E-state index in [1.165, 1.54) is 18.9 Å². The van der Waals surface area contributed by atoms with Gasteiger partial charge < -0.3 is 10.5 Å². The summed E-state index contributed by atoms with van der Waals surface area (Å²) in [4.78, 5) is 11.9. The van der Waals surface area contributed by atoms with E-state index in [0.717, 1.165) is 14.9 Å². The number of carbonyl (C=O) groups is 1. The van der Waals surface area contributed by atoms with E-state index in [1.807, 2.05) is 18.2 Å². The number of thioether (sulfide) groups is 1. The Morgan fingerprint density at radius 3 is 2.87 bits per heavy atom. The number of nitrogens with two attached hydrogens (primary N) is 1. The number of benzene rings is 1. The summed E-state index contributed by atoms with van der Waals surface area (Å²) in [6.45, 7) is 0.503. The molecule has 15 heavy (non-hydrogen) atoms. The Balaban J connectivity index is 2.63. The van der Waals surface area contributed by atoms with E-state index in [-0.39, 0.29) is 5.97 Å². The maximum Gasteiger partial charge on any atom is 0.315 e. The molecule has 0 bridgehead atoms. The highest BCUT2D eigenvalue weighted by Gasteiger charge is 2.04. The van der Waals surface area contributed by atoms with Gasteiger partial charge in [0.15, 0.2) is 0 Å². The number of halogens is 1. The van der Waals surface area contributed by atoms with Crippen molar-refractivity contribution in [3.63, 3.8) is 0 Å². The van der Waals surface area contributed by atoms with Crippen molar-refractivity contribution in [2.24, 2.45) is 5.73 Å². The second kappa shape index (κ2) is 6.15. The van der Waals surface area contributed by atoms with Crippen LogP contribution in [-0.2, 0) is 16.1 Å². The molecular formula is C10H12BrNO2S. The molecule has 0 unspecified atom stereocenters. The number of hydrogen-bond donors (Lipinski definition) is 1. The fourth-order valence-corrected chi connectivity index (χ4v) is 2.44. The molecular weight excluding hydrogens is 278 g/mol. The van der Waals surface area contributed by atoms with Gasteiger partial charge in [-0.2, -0.15) is 0 Å². The van der Waals surface area contributed by atoms with Crippen LogP contribution in [0.5, 0.6) is 0 Å². The molecule has 3 nitrogen and oxygen atoms in total. The predicted octanol–water partition coefficient (Wildman–Crippen LogP) is 2.17. The molecule has 0 atom stereocenters. The highest BCUT2D eigenvalue weighted by Crippen LogP contribution is 2.25. The Morgan fingerprint density at radius 2 is 2.33 bits per heavy atom. The van der Waals surface area contributed by atoms with Crippen LogP contribution in [0.3, 0.4) is 0 Å². The van der Waals surface area contributed by atoms with E-state index in [0.29, 0.717) is 12.3 Å². The fourth-order valence-electron chi connectivity index (χ4n) is 0.985. The van der Waals surface area contributed by atoms with E-state index in [4.69, 9.17) is 5.73 Å². The molecule has 82 valence electrons. The Kier molecular flexibility index (Phi) is 5.14. The molecule has 0 saturated carbocycles. The van der Waals surface area contributed by atoms with Gasteiger partial charge in [-0.1, -0.05) is 22.0 Å². The number of carbonyl (C=O) groups excluding carboxylic acids is 1. The lowest BCUT2D eigenvalue weighted by atomic mass is 10.2. The van der Waals surface area contributed by atoms with Crippen molar-refractivity contribution in [1.82, 2.24) is 0 Å². The summed E-state index contributed by atoms with van der Waals surface area (Å²) in [5.74, 6) is 0.101. The molecule has 0 radical (unpaired) electrons. The highest BCUT2D eigenvalue weighted by molar-refractivity contribution is 9.10. The van der Waals surface area contributed by atoms with Crippen LogP contribution in [0.25, 0.3) is 0 Å². The van der Waals surface area contributed by atoms with Gasteiger partial charge in [-0.05, 0) is 17.7 Å². The minimum absolute atomic E-state index is 0.223. The second-order valence-corrected chi connectivity index (χ2v) is 4.73. The first-order valence-corrected chi connectivity index (χ1v) is 6.13. The second-order valence-electron chi connectivity index (χ2n) is 2.82. The van der Waals surface area contributed by atoms with Gasteiger partial charge in [-0.25, -0.2) is 0 Å². The van der Waals surface area contributed by atoms with E-state index >= 15 is 0 Å². The summed E-state index contributed by atoms with van der Waals surface area (Å²) in [6.07, 6.45) is 0. The molecule has 0 aliphatic carbocycles. The third kappa shape index (κ3) is 3.85. The monoisotopic (exact) mass is 289 g/mol. The zero-order valence-electron chi connectivity index (χ0n) is 8.33. The lowest BCUT2D eigenvalue weighted by molar-refractivity contribution is -0.137. The van der Waals surface area contributed by atoms with Crippen molar-refractivity contribution in [1.29, 1.82) is 0 Å². The SMILES string of the molecule is COC(=O)CSc1ccc(CN)c(Br)c1. The van der Waals surface area contributed by atoms with Gasteiger partial charge in [0.2, 0.25) is 0 Å². The topological polar surface area (TPSA) is 52.3 Å². The molecule has 0 fully saturated rings. The summed E-state index contributed by atoms with van der Waals surface area (Å²) < 4.78 is 5.53. The zero-order valence-corrected chi connectivity index (χ0v) is 10.7. The van der Waals surface area contributed by atoms with Gasteiger partial charge in [0, 0.05) is 15.9 Å². The van der Waals surface area contributed by atoms with Crippen molar-refractivity contribution < 1.29 is 9.53 Å². The van der Waals surface area contributed by atoms with Crippen LogP contribution >= 0.6 is 27.7 Å². The van der Waals surface area contributed by atoms with Gasteiger partial charge >= 0.3 is 5.97 Å². The third-order valence-electron chi connectivity index (χ3n) is 1.83. The highest BCUT2D eigenvalue weighted by atomic mass is 79.9. The van der Waals surface area contributed by atoms with Crippen molar-refractivity contribution in [3.05, 3.63) is 28.2 Å². The van der Waals surface area contributed by atoms with Crippen molar-refractivity contribution in [2.45, 2.75) is 11.4 Å². The normalized spacial score (nSPS) is 10.1. The molecule has 0 aliphatic rings. The Labute approximate surface area is 101 Å². The molecule has 0 heterocycles. The molecule has 0 saturated heterocycles. The Hall–Kier alpha value is -0.520.